The van der Waals surface area contributed by atoms with E-state index in [1.807, 2.05) is 36.9 Å². The second kappa shape index (κ2) is 2.05. The lowest BCUT2D eigenvalue weighted by atomic mass is 10.4. The molecule has 0 amide bonds. The van der Waals surface area contributed by atoms with Crippen LogP contribution in [0.4, 0.5) is 0 Å². The molecule has 3 heteroatoms. The average Bonchev–Trinajstić information content (AvgIpc) is 2.31. The Bertz CT molecular complexity index is 392. The Balaban J connectivity index is 2.90. The molecule has 0 aromatic carbocycles. The SMILES string of the molecule is Cc1nc2c(ccc[n+]2C)o1. The molecule has 3 nitrogen and oxygen atoms in total. The van der Waals surface area contributed by atoms with Crippen molar-refractivity contribution < 1.29 is 8.98 Å². The third-order valence-electron chi connectivity index (χ3n) is 1.63. The third kappa shape index (κ3) is 0.888. The van der Waals surface area contributed by atoms with Crippen molar-refractivity contribution in [3.05, 3.63) is 24.2 Å². The number of aryl methyl sites for hydroxylation is 2. The fraction of sp³-hybridized carbons (Fsp3) is 0.250. The predicted octanol–water partition coefficient (Wildman–Crippen LogP) is 0.961. The minimum Gasteiger partial charge on any atom is -0.415 e. The molecule has 0 radical (unpaired) electrons. The van der Waals surface area contributed by atoms with Crippen molar-refractivity contribution in [2.24, 2.45) is 7.05 Å². The molecule has 0 unspecified atom stereocenters. The lowest BCUT2D eigenvalue weighted by Gasteiger charge is -1.85. The molecule has 0 saturated carbocycles. The van der Waals surface area contributed by atoms with Gasteiger partial charge in [0.15, 0.2) is 0 Å². The molecule has 2 aromatic heterocycles. The van der Waals surface area contributed by atoms with Gasteiger partial charge in [0.2, 0.25) is 5.58 Å². The lowest BCUT2D eigenvalue weighted by Crippen LogP contribution is -2.27. The van der Waals surface area contributed by atoms with Crippen LogP contribution in [0.5, 0.6) is 0 Å². The maximum absolute atomic E-state index is 5.32. The highest BCUT2D eigenvalue weighted by Gasteiger charge is 2.11. The molecular weight excluding hydrogens is 140 g/mol. The highest BCUT2D eigenvalue weighted by Crippen LogP contribution is 2.08. The van der Waals surface area contributed by atoms with Crippen LogP contribution in [-0.4, -0.2) is 4.98 Å². The van der Waals surface area contributed by atoms with E-state index in [1.54, 1.807) is 0 Å². The Morgan fingerprint density at radius 2 is 2.36 bits per heavy atom. The summed E-state index contributed by atoms with van der Waals surface area (Å²) >= 11 is 0. The van der Waals surface area contributed by atoms with Crippen LogP contribution in [0.25, 0.3) is 11.2 Å². The molecule has 56 valence electrons. The normalized spacial score (nSPS) is 10.7. The van der Waals surface area contributed by atoms with Crippen molar-refractivity contribution in [1.82, 2.24) is 4.98 Å². The van der Waals surface area contributed by atoms with Gasteiger partial charge in [-0.15, -0.1) is 0 Å². The highest BCUT2D eigenvalue weighted by molar-refractivity contribution is 5.63. The Morgan fingerprint density at radius 1 is 1.55 bits per heavy atom. The molecular formula is C8H9N2O+. The number of aromatic nitrogens is 2. The van der Waals surface area contributed by atoms with Gasteiger partial charge in [-0.25, -0.2) is 4.57 Å². The first-order chi connectivity index (χ1) is 5.27. The summed E-state index contributed by atoms with van der Waals surface area (Å²) in [4.78, 5) is 4.21. The fourth-order valence-electron chi connectivity index (χ4n) is 1.12. The Labute approximate surface area is 64.3 Å². The summed E-state index contributed by atoms with van der Waals surface area (Å²) in [5.41, 5.74) is 1.73. The molecule has 0 aliphatic rings. The Kier molecular flexibility index (Phi) is 1.18. The van der Waals surface area contributed by atoms with Crippen LogP contribution in [0.2, 0.25) is 0 Å². The number of rotatable bonds is 0. The van der Waals surface area contributed by atoms with E-state index in [-0.39, 0.29) is 0 Å². The van der Waals surface area contributed by atoms with Crippen LogP contribution in [-0.2, 0) is 7.05 Å². The molecule has 11 heavy (non-hydrogen) atoms. The van der Waals surface area contributed by atoms with Crippen LogP contribution < -0.4 is 4.57 Å². The highest BCUT2D eigenvalue weighted by atomic mass is 16.3. The monoisotopic (exact) mass is 149 g/mol. The van der Waals surface area contributed by atoms with Gasteiger partial charge in [-0.3, -0.25) is 0 Å². The van der Waals surface area contributed by atoms with Crippen molar-refractivity contribution in [2.75, 3.05) is 0 Å². The summed E-state index contributed by atoms with van der Waals surface area (Å²) in [5.74, 6) is 0.710. The molecule has 2 aromatic rings. The summed E-state index contributed by atoms with van der Waals surface area (Å²) < 4.78 is 7.25. The number of pyridine rings is 1. The van der Waals surface area contributed by atoms with Gasteiger partial charge in [0.1, 0.15) is 0 Å². The minimum absolute atomic E-state index is 0.710. The number of hydrogen-bond donors (Lipinski definition) is 0. The zero-order valence-electron chi connectivity index (χ0n) is 6.53. The number of oxazole rings is 1. The third-order valence-corrected chi connectivity index (χ3v) is 1.63. The van der Waals surface area contributed by atoms with Gasteiger partial charge in [-0.1, -0.05) is 0 Å². The van der Waals surface area contributed by atoms with Crippen LogP contribution >= 0.6 is 0 Å². The molecule has 0 aliphatic carbocycles. The van der Waals surface area contributed by atoms with E-state index in [1.165, 1.54) is 0 Å². The number of hydrogen-bond acceptors (Lipinski definition) is 2. The van der Waals surface area contributed by atoms with E-state index in [0.29, 0.717) is 5.89 Å². The summed E-state index contributed by atoms with van der Waals surface area (Å²) in [6, 6.07) is 3.85. The maximum atomic E-state index is 5.32. The molecule has 0 fully saturated rings. The Morgan fingerprint density at radius 3 is 3.09 bits per heavy atom. The summed E-state index contributed by atoms with van der Waals surface area (Å²) in [7, 11) is 1.95. The smallest absolute Gasteiger partial charge is 0.369 e. The van der Waals surface area contributed by atoms with Gasteiger partial charge in [0, 0.05) is 6.92 Å². The average molecular weight is 149 g/mol. The summed E-state index contributed by atoms with van der Waals surface area (Å²) in [6.07, 6.45) is 1.95. The van der Waals surface area contributed by atoms with E-state index >= 15 is 0 Å². The zero-order valence-corrected chi connectivity index (χ0v) is 6.53. The Hall–Kier alpha value is -1.38. The predicted molar refractivity (Wildman–Crippen MR) is 39.9 cm³/mol. The van der Waals surface area contributed by atoms with Gasteiger partial charge < -0.3 is 4.42 Å². The quantitative estimate of drug-likeness (QED) is 0.522. The second-order valence-corrected chi connectivity index (χ2v) is 2.54. The molecule has 0 saturated heterocycles. The summed E-state index contributed by atoms with van der Waals surface area (Å²) in [6.45, 7) is 1.85. The first-order valence-corrected chi connectivity index (χ1v) is 3.49. The lowest BCUT2D eigenvalue weighted by molar-refractivity contribution is -0.646. The van der Waals surface area contributed by atoms with Crippen LogP contribution in [0.1, 0.15) is 5.89 Å². The van der Waals surface area contributed by atoms with Crippen LogP contribution in [0.15, 0.2) is 22.7 Å². The second-order valence-electron chi connectivity index (χ2n) is 2.54. The van der Waals surface area contributed by atoms with Crippen molar-refractivity contribution in [2.45, 2.75) is 6.92 Å². The fourth-order valence-corrected chi connectivity index (χ4v) is 1.12. The summed E-state index contributed by atoms with van der Waals surface area (Å²) in [5, 5.41) is 0. The van der Waals surface area contributed by atoms with Crippen LogP contribution in [0, 0.1) is 6.92 Å². The van der Waals surface area contributed by atoms with Gasteiger partial charge in [-0.2, -0.15) is 0 Å². The van der Waals surface area contributed by atoms with Gasteiger partial charge in [0.25, 0.3) is 0 Å². The maximum Gasteiger partial charge on any atom is 0.369 e. The molecule has 2 rings (SSSR count). The molecule has 0 spiro atoms. The number of fused-ring (bicyclic) bond motifs is 1. The largest absolute Gasteiger partial charge is 0.415 e. The standard InChI is InChI=1S/C8H9N2O/c1-6-9-8-7(11-6)4-3-5-10(8)2/h3-5H,1-2H3/q+1. The van der Waals surface area contributed by atoms with E-state index in [0.717, 1.165) is 11.2 Å². The molecule has 0 N–H and O–H groups in total. The van der Waals surface area contributed by atoms with E-state index < -0.39 is 0 Å². The van der Waals surface area contributed by atoms with Gasteiger partial charge in [-0.05, 0) is 17.1 Å². The molecule has 2 heterocycles. The molecule has 0 aliphatic heterocycles. The first-order valence-electron chi connectivity index (χ1n) is 3.49. The van der Waals surface area contributed by atoms with Crippen molar-refractivity contribution in [3.8, 4) is 0 Å². The van der Waals surface area contributed by atoms with E-state index in [2.05, 4.69) is 4.98 Å². The van der Waals surface area contributed by atoms with Gasteiger partial charge >= 0.3 is 11.5 Å². The molecule has 0 atom stereocenters. The number of nitrogens with zero attached hydrogens (tertiary/aromatic N) is 2. The topological polar surface area (TPSA) is 29.9 Å². The first kappa shape index (κ1) is 6.34. The minimum atomic E-state index is 0.710. The van der Waals surface area contributed by atoms with Crippen molar-refractivity contribution >= 4 is 11.2 Å². The van der Waals surface area contributed by atoms with E-state index in [4.69, 9.17) is 4.42 Å². The van der Waals surface area contributed by atoms with Gasteiger partial charge in [0.05, 0.1) is 13.2 Å². The van der Waals surface area contributed by atoms with Crippen LogP contribution in [0.3, 0.4) is 0 Å². The van der Waals surface area contributed by atoms with Crippen molar-refractivity contribution in [1.29, 1.82) is 0 Å². The molecule has 0 bridgehead atoms. The van der Waals surface area contributed by atoms with E-state index in [9.17, 15) is 0 Å². The zero-order chi connectivity index (χ0) is 7.84. The van der Waals surface area contributed by atoms with Crippen molar-refractivity contribution in [3.63, 3.8) is 0 Å².